The highest BCUT2D eigenvalue weighted by molar-refractivity contribution is 5.68. The van der Waals surface area contributed by atoms with Crippen molar-refractivity contribution < 1.29 is 9.66 Å². The zero-order valence-electron chi connectivity index (χ0n) is 9.10. The lowest BCUT2D eigenvalue weighted by Gasteiger charge is -2.26. The molecule has 0 saturated heterocycles. The average molecular weight is 222 g/mol. The van der Waals surface area contributed by atoms with Gasteiger partial charge < -0.3 is 10.1 Å². The Morgan fingerprint density at radius 1 is 1.50 bits per heavy atom. The van der Waals surface area contributed by atoms with E-state index in [1.165, 1.54) is 0 Å². The summed E-state index contributed by atoms with van der Waals surface area (Å²) < 4.78 is 5.60. The fraction of sp³-hybridized carbons (Fsp3) is 0.455. The number of hydrogen-bond donors (Lipinski definition) is 1. The van der Waals surface area contributed by atoms with Crippen molar-refractivity contribution in [2.45, 2.75) is 25.4 Å². The van der Waals surface area contributed by atoms with Crippen molar-refractivity contribution in [3.8, 4) is 5.75 Å². The lowest BCUT2D eigenvalue weighted by molar-refractivity contribution is -0.385. The van der Waals surface area contributed by atoms with Crippen molar-refractivity contribution in [2.24, 2.45) is 0 Å². The van der Waals surface area contributed by atoms with Crippen molar-refractivity contribution in [3.63, 3.8) is 0 Å². The van der Waals surface area contributed by atoms with Crippen LogP contribution < -0.4 is 10.1 Å². The van der Waals surface area contributed by atoms with Crippen molar-refractivity contribution in [2.75, 3.05) is 12.4 Å². The van der Waals surface area contributed by atoms with Gasteiger partial charge in [0.2, 0.25) is 0 Å². The lowest BCUT2D eigenvalue weighted by atomic mass is 9.96. The zero-order valence-corrected chi connectivity index (χ0v) is 9.10. The van der Waals surface area contributed by atoms with Crippen molar-refractivity contribution in [3.05, 3.63) is 28.3 Å². The maximum absolute atomic E-state index is 11.0. The van der Waals surface area contributed by atoms with Crippen LogP contribution in [0.25, 0.3) is 0 Å². The third kappa shape index (κ3) is 1.93. The Labute approximate surface area is 93.6 Å². The molecular weight excluding hydrogens is 208 g/mol. The number of anilines is 1. The molecule has 0 radical (unpaired) electrons. The molecule has 0 aliphatic heterocycles. The van der Waals surface area contributed by atoms with Crippen LogP contribution in [-0.2, 0) is 0 Å². The summed E-state index contributed by atoms with van der Waals surface area (Å²) in [4.78, 5) is 10.6. The summed E-state index contributed by atoms with van der Waals surface area (Å²) in [6, 6.07) is 5.08. The largest absolute Gasteiger partial charge is 0.483 e. The summed E-state index contributed by atoms with van der Waals surface area (Å²) >= 11 is 0. The molecule has 1 aliphatic carbocycles. The Morgan fingerprint density at radius 2 is 2.25 bits per heavy atom. The van der Waals surface area contributed by atoms with E-state index in [0.29, 0.717) is 11.4 Å². The maximum atomic E-state index is 11.0. The van der Waals surface area contributed by atoms with E-state index in [0.717, 1.165) is 19.3 Å². The monoisotopic (exact) mass is 222 g/mol. The minimum absolute atomic E-state index is 0.0249. The molecule has 5 nitrogen and oxygen atoms in total. The van der Waals surface area contributed by atoms with E-state index >= 15 is 0 Å². The lowest BCUT2D eigenvalue weighted by Crippen LogP contribution is -2.25. The average Bonchev–Trinajstić information content (AvgIpc) is 2.22. The molecule has 86 valence electrons. The smallest absolute Gasteiger partial charge is 0.333 e. The second kappa shape index (κ2) is 4.38. The predicted octanol–water partition coefficient (Wildman–Crippen LogP) is 2.57. The van der Waals surface area contributed by atoms with Crippen molar-refractivity contribution in [1.29, 1.82) is 0 Å². The summed E-state index contributed by atoms with van der Waals surface area (Å²) in [6.45, 7) is 0. The molecule has 1 N–H and O–H groups in total. The van der Waals surface area contributed by atoms with E-state index in [9.17, 15) is 10.1 Å². The number of nitrogens with one attached hydrogen (secondary N) is 1. The normalized spacial score (nSPS) is 15.3. The molecule has 0 atom stereocenters. The first-order valence-electron chi connectivity index (χ1n) is 5.34. The second-order valence-corrected chi connectivity index (χ2v) is 3.83. The molecule has 1 saturated carbocycles. The molecule has 0 aromatic heterocycles. The fourth-order valence-electron chi connectivity index (χ4n) is 1.68. The Morgan fingerprint density at radius 3 is 2.75 bits per heavy atom. The maximum Gasteiger partial charge on any atom is 0.333 e. The van der Waals surface area contributed by atoms with Crippen LogP contribution in [0.5, 0.6) is 5.75 Å². The van der Waals surface area contributed by atoms with Crippen LogP contribution in [-0.4, -0.2) is 18.1 Å². The summed E-state index contributed by atoms with van der Waals surface area (Å²) in [5, 5.41) is 13.8. The molecule has 0 unspecified atom stereocenters. The highest BCUT2D eigenvalue weighted by Gasteiger charge is 2.25. The van der Waals surface area contributed by atoms with E-state index < -0.39 is 4.92 Å². The number of ether oxygens (including phenoxy) is 1. The van der Waals surface area contributed by atoms with E-state index in [1.54, 1.807) is 25.2 Å². The van der Waals surface area contributed by atoms with Gasteiger partial charge in [-0.05, 0) is 31.4 Å². The van der Waals surface area contributed by atoms with E-state index in [4.69, 9.17) is 4.74 Å². The van der Waals surface area contributed by atoms with E-state index in [2.05, 4.69) is 5.32 Å². The molecule has 0 amide bonds. The molecule has 1 aromatic carbocycles. The minimum atomic E-state index is -0.403. The number of nitro groups is 1. The highest BCUT2D eigenvalue weighted by atomic mass is 16.6. The quantitative estimate of drug-likeness (QED) is 0.628. The van der Waals surface area contributed by atoms with E-state index in [-0.39, 0.29) is 11.8 Å². The van der Waals surface area contributed by atoms with Crippen LogP contribution >= 0.6 is 0 Å². The van der Waals surface area contributed by atoms with Crippen LogP contribution in [0.15, 0.2) is 18.2 Å². The van der Waals surface area contributed by atoms with Gasteiger partial charge in [0.05, 0.1) is 11.0 Å². The van der Waals surface area contributed by atoms with Gasteiger partial charge in [-0.2, -0.15) is 0 Å². The Bertz CT molecular complexity index is 402. The van der Waals surface area contributed by atoms with Crippen LogP contribution in [0.2, 0.25) is 0 Å². The molecule has 1 aliphatic rings. The zero-order chi connectivity index (χ0) is 11.5. The number of nitro benzene ring substituents is 1. The first-order valence-corrected chi connectivity index (χ1v) is 5.34. The van der Waals surface area contributed by atoms with Gasteiger partial charge in [0.25, 0.3) is 0 Å². The highest BCUT2D eigenvalue weighted by Crippen LogP contribution is 2.37. The predicted molar refractivity (Wildman–Crippen MR) is 60.9 cm³/mol. The summed E-state index contributed by atoms with van der Waals surface area (Å²) in [7, 11) is 1.66. The standard InChI is InChI=1S/C11H14N2O3/c1-12-9-6-3-7-10(11(9)13(14)15)16-8-4-2-5-8/h3,6-8,12H,2,4-5H2,1H3. The van der Waals surface area contributed by atoms with Gasteiger partial charge in [-0.1, -0.05) is 6.07 Å². The van der Waals surface area contributed by atoms with Gasteiger partial charge in [-0.15, -0.1) is 0 Å². The van der Waals surface area contributed by atoms with Gasteiger partial charge >= 0.3 is 5.69 Å². The van der Waals surface area contributed by atoms with Crippen LogP contribution in [0.3, 0.4) is 0 Å². The molecule has 0 bridgehead atoms. The third-order valence-electron chi connectivity index (χ3n) is 2.80. The van der Waals surface area contributed by atoms with Gasteiger partial charge in [-0.3, -0.25) is 10.1 Å². The van der Waals surface area contributed by atoms with Crippen molar-refractivity contribution >= 4 is 11.4 Å². The molecular formula is C11H14N2O3. The van der Waals surface area contributed by atoms with Crippen LogP contribution in [0.4, 0.5) is 11.4 Å². The first kappa shape index (κ1) is 10.7. The number of hydrogen-bond acceptors (Lipinski definition) is 4. The van der Waals surface area contributed by atoms with Gasteiger partial charge in [0.15, 0.2) is 5.75 Å². The van der Waals surface area contributed by atoms with Crippen LogP contribution in [0, 0.1) is 10.1 Å². The second-order valence-electron chi connectivity index (χ2n) is 3.83. The Kier molecular flexibility index (Phi) is 2.94. The number of rotatable bonds is 4. The summed E-state index contributed by atoms with van der Waals surface area (Å²) in [5.74, 6) is 0.363. The molecule has 1 fully saturated rings. The molecule has 16 heavy (non-hydrogen) atoms. The Hall–Kier alpha value is -1.78. The molecule has 0 heterocycles. The van der Waals surface area contributed by atoms with E-state index in [1.807, 2.05) is 0 Å². The van der Waals surface area contributed by atoms with Gasteiger partial charge in [-0.25, -0.2) is 0 Å². The molecule has 1 aromatic rings. The molecule has 5 heteroatoms. The summed E-state index contributed by atoms with van der Waals surface area (Å²) in [6.07, 6.45) is 3.26. The third-order valence-corrected chi connectivity index (χ3v) is 2.80. The Balaban J connectivity index is 2.30. The minimum Gasteiger partial charge on any atom is -0.483 e. The van der Waals surface area contributed by atoms with Crippen molar-refractivity contribution in [1.82, 2.24) is 0 Å². The van der Waals surface area contributed by atoms with Gasteiger partial charge in [0.1, 0.15) is 5.69 Å². The van der Waals surface area contributed by atoms with Crippen LogP contribution in [0.1, 0.15) is 19.3 Å². The SMILES string of the molecule is CNc1cccc(OC2CCC2)c1[N+](=O)[O-]. The summed E-state index contributed by atoms with van der Waals surface area (Å²) in [5.41, 5.74) is 0.513. The van der Waals surface area contributed by atoms with Gasteiger partial charge in [0, 0.05) is 7.05 Å². The number of benzene rings is 1. The topological polar surface area (TPSA) is 64.4 Å². The number of para-hydroxylation sites is 1. The fourth-order valence-corrected chi connectivity index (χ4v) is 1.68. The molecule has 0 spiro atoms. The number of nitrogens with zero attached hydrogens (tertiary/aromatic N) is 1. The molecule has 2 rings (SSSR count). The first-order chi connectivity index (χ1) is 7.72.